The number of aryl methyl sites for hydroxylation is 1. The Kier molecular flexibility index (Phi) is 8.58. The van der Waals surface area contributed by atoms with E-state index >= 15 is 0 Å². The minimum atomic E-state index is -3.73. The molecule has 2 aromatic carbocycles. The first-order valence-corrected chi connectivity index (χ1v) is 11.5. The predicted octanol–water partition coefficient (Wildman–Crippen LogP) is 3.22. The number of carbonyl (C=O) groups excluding carboxylic acids is 2. The van der Waals surface area contributed by atoms with Gasteiger partial charge in [0.2, 0.25) is 10.0 Å². The van der Waals surface area contributed by atoms with E-state index in [-0.39, 0.29) is 10.5 Å². The second-order valence-corrected chi connectivity index (χ2v) is 8.56. The van der Waals surface area contributed by atoms with Crippen LogP contribution < -0.4 is 10.1 Å². The standard InChI is InChI=1S/C22H28N2O6S/c1-5-24(6-2)31(27,28)20-14-17(9-8-16(20)4)22(26)30-15-21(25)23-18-10-12-19(13-11-18)29-7-3/h8-14H,5-7,15H2,1-4H3,(H,23,25). The predicted molar refractivity (Wildman–Crippen MR) is 118 cm³/mol. The Bertz CT molecular complexity index is 1010. The number of anilines is 1. The van der Waals surface area contributed by atoms with E-state index in [0.29, 0.717) is 36.7 Å². The van der Waals surface area contributed by atoms with Crippen LogP contribution >= 0.6 is 0 Å². The number of sulfonamides is 1. The van der Waals surface area contributed by atoms with Crippen molar-refractivity contribution in [2.45, 2.75) is 32.6 Å². The summed E-state index contributed by atoms with van der Waals surface area (Å²) in [4.78, 5) is 24.5. The van der Waals surface area contributed by atoms with Gasteiger partial charge in [0, 0.05) is 18.8 Å². The van der Waals surface area contributed by atoms with Crippen molar-refractivity contribution >= 4 is 27.6 Å². The third kappa shape index (κ3) is 6.28. The quantitative estimate of drug-likeness (QED) is 0.560. The van der Waals surface area contributed by atoms with Crippen LogP contribution in [0.5, 0.6) is 5.75 Å². The maximum absolute atomic E-state index is 12.8. The van der Waals surface area contributed by atoms with Gasteiger partial charge in [-0.3, -0.25) is 4.79 Å². The Morgan fingerprint density at radius 3 is 2.23 bits per heavy atom. The number of amides is 1. The Morgan fingerprint density at radius 1 is 1.00 bits per heavy atom. The highest BCUT2D eigenvalue weighted by Gasteiger charge is 2.25. The van der Waals surface area contributed by atoms with E-state index in [1.54, 1.807) is 51.1 Å². The molecule has 0 atom stereocenters. The van der Waals surface area contributed by atoms with E-state index < -0.39 is 28.5 Å². The van der Waals surface area contributed by atoms with Crippen molar-refractivity contribution < 1.29 is 27.5 Å². The van der Waals surface area contributed by atoms with Gasteiger partial charge >= 0.3 is 5.97 Å². The molecule has 31 heavy (non-hydrogen) atoms. The molecule has 2 aromatic rings. The minimum absolute atomic E-state index is 0.0458. The Balaban J connectivity index is 2.04. The first kappa shape index (κ1) is 24.4. The molecule has 0 aliphatic carbocycles. The molecule has 0 aliphatic heterocycles. The largest absolute Gasteiger partial charge is 0.494 e. The monoisotopic (exact) mass is 448 g/mol. The highest BCUT2D eigenvalue weighted by atomic mass is 32.2. The zero-order chi connectivity index (χ0) is 23.0. The third-order valence-electron chi connectivity index (χ3n) is 4.53. The number of benzene rings is 2. The fourth-order valence-electron chi connectivity index (χ4n) is 2.92. The maximum atomic E-state index is 12.8. The molecule has 0 bridgehead atoms. The van der Waals surface area contributed by atoms with E-state index in [0.717, 1.165) is 0 Å². The summed E-state index contributed by atoms with van der Waals surface area (Å²) in [5, 5.41) is 2.62. The molecule has 0 saturated heterocycles. The van der Waals surface area contributed by atoms with E-state index in [1.807, 2.05) is 6.92 Å². The van der Waals surface area contributed by atoms with Crippen LogP contribution in [0.1, 0.15) is 36.7 Å². The Hall–Kier alpha value is -2.91. The second-order valence-electron chi connectivity index (χ2n) is 6.65. The van der Waals surface area contributed by atoms with Crippen LogP contribution in [0.4, 0.5) is 5.69 Å². The number of rotatable bonds is 10. The first-order chi connectivity index (χ1) is 14.7. The van der Waals surface area contributed by atoms with Gasteiger partial charge in [-0.25, -0.2) is 13.2 Å². The van der Waals surface area contributed by atoms with Gasteiger partial charge in [-0.15, -0.1) is 0 Å². The molecule has 2 rings (SSSR count). The van der Waals surface area contributed by atoms with Crippen LogP contribution in [0.25, 0.3) is 0 Å². The van der Waals surface area contributed by atoms with Gasteiger partial charge in [0.1, 0.15) is 5.75 Å². The number of esters is 1. The van der Waals surface area contributed by atoms with Crippen molar-refractivity contribution in [2.24, 2.45) is 0 Å². The average Bonchev–Trinajstić information content (AvgIpc) is 2.74. The SMILES string of the molecule is CCOc1ccc(NC(=O)COC(=O)c2ccc(C)c(S(=O)(=O)N(CC)CC)c2)cc1. The minimum Gasteiger partial charge on any atom is -0.494 e. The lowest BCUT2D eigenvalue weighted by molar-refractivity contribution is -0.119. The van der Waals surface area contributed by atoms with Crippen molar-refractivity contribution in [2.75, 3.05) is 31.6 Å². The summed E-state index contributed by atoms with van der Waals surface area (Å²) in [6, 6.07) is 11.1. The third-order valence-corrected chi connectivity index (χ3v) is 6.72. The van der Waals surface area contributed by atoms with E-state index in [2.05, 4.69) is 5.32 Å². The molecule has 1 amide bonds. The summed E-state index contributed by atoms with van der Waals surface area (Å²) in [6.07, 6.45) is 0. The van der Waals surface area contributed by atoms with Gasteiger partial charge in [0.05, 0.1) is 17.1 Å². The molecule has 0 spiro atoms. The Labute approximate surface area is 183 Å². The van der Waals surface area contributed by atoms with E-state index in [1.165, 1.54) is 16.4 Å². The molecule has 0 unspecified atom stereocenters. The van der Waals surface area contributed by atoms with Gasteiger partial charge in [0.25, 0.3) is 5.91 Å². The normalized spacial score (nSPS) is 11.3. The van der Waals surface area contributed by atoms with Crippen molar-refractivity contribution in [1.29, 1.82) is 0 Å². The van der Waals surface area contributed by atoms with Crippen molar-refractivity contribution in [3.05, 3.63) is 53.6 Å². The fourth-order valence-corrected chi connectivity index (χ4v) is 4.63. The van der Waals surface area contributed by atoms with Gasteiger partial charge in [0.15, 0.2) is 6.61 Å². The van der Waals surface area contributed by atoms with Crippen LogP contribution in [0.3, 0.4) is 0 Å². The average molecular weight is 449 g/mol. The molecule has 0 aliphatic rings. The van der Waals surface area contributed by atoms with Crippen molar-refractivity contribution in [1.82, 2.24) is 4.31 Å². The lowest BCUT2D eigenvalue weighted by Gasteiger charge is -2.20. The number of nitrogens with one attached hydrogen (secondary N) is 1. The molecular formula is C22H28N2O6S. The van der Waals surface area contributed by atoms with Crippen LogP contribution in [0.15, 0.2) is 47.4 Å². The van der Waals surface area contributed by atoms with Gasteiger partial charge in [-0.2, -0.15) is 4.31 Å². The number of carbonyl (C=O) groups is 2. The molecule has 0 radical (unpaired) electrons. The molecule has 8 nitrogen and oxygen atoms in total. The van der Waals surface area contributed by atoms with Crippen LogP contribution in [0.2, 0.25) is 0 Å². The van der Waals surface area contributed by atoms with Crippen molar-refractivity contribution in [3.8, 4) is 5.75 Å². The second kappa shape index (κ2) is 10.9. The summed E-state index contributed by atoms with van der Waals surface area (Å²) in [7, 11) is -3.73. The molecule has 0 aromatic heterocycles. The zero-order valence-electron chi connectivity index (χ0n) is 18.2. The first-order valence-electron chi connectivity index (χ1n) is 10.0. The topological polar surface area (TPSA) is 102 Å². The molecule has 0 heterocycles. The van der Waals surface area contributed by atoms with Crippen LogP contribution in [-0.4, -0.2) is 50.9 Å². The molecule has 9 heteroatoms. The summed E-state index contributed by atoms with van der Waals surface area (Å²) < 4.78 is 37.4. The number of hydrogen-bond acceptors (Lipinski definition) is 6. The van der Waals surface area contributed by atoms with Gasteiger partial charge in [-0.05, 0) is 55.8 Å². The number of hydrogen-bond donors (Lipinski definition) is 1. The van der Waals surface area contributed by atoms with Gasteiger partial charge < -0.3 is 14.8 Å². The Morgan fingerprint density at radius 2 is 1.65 bits per heavy atom. The molecule has 0 saturated carbocycles. The molecule has 168 valence electrons. The highest BCUT2D eigenvalue weighted by Crippen LogP contribution is 2.22. The summed E-state index contributed by atoms with van der Waals surface area (Å²) in [6.45, 7) is 7.71. The summed E-state index contributed by atoms with van der Waals surface area (Å²) in [5.41, 5.74) is 1.12. The highest BCUT2D eigenvalue weighted by molar-refractivity contribution is 7.89. The fraction of sp³-hybridized carbons (Fsp3) is 0.364. The zero-order valence-corrected chi connectivity index (χ0v) is 19.0. The molecular weight excluding hydrogens is 420 g/mol. The van der Waals surface area contributed by atoms with E-state index in [4.69, 9.17) is 9.47 Å². The maximum Gasteiger partial charge on any atom is 0.338 e. The van der Waals surface area contributed by atoms with Crippen LogP contribution in [-0.2, 0) is 19.6 Å². The summed E-state index contributed by atoms with van der Waals surface area (Å²) in [5.74, 6) is -0.611. The summed E-state index contributed by atoms with van der Waals surface area (Å²) >= 11 is 0. The van der Waals surface area contributed by atoms with Crippen LogP contribution in [0, 0.1) is 6.92 Å². The van der Waals surface area contributed by atoms with Gasteiger partial charge in [-0.1, -0.05) is 19.9 Å². The molecule has 1 N–H and O–H groups in total. The number of ether oxygens (including phenoxy) is 2. The van der Waals surface area contributed by atoms with E-state index in [9.17, 15) is 18.0 Å². The molecule has 0 fully saturated rings. The lowest BCUT2D eigenvalue weighted by Crippen LogP contribution is -2.31. The smallest absolute Gasteiger partial charge is 0.338 e. The number of nitrogens with zero attached hydrogens (tertiary/aromatic N) is 1. The lowest BCUT2D eigenvalue weighted by atomic mass is 10.1. The van der Waals surface area contributed by atoms with Crippen molar-refractivity contribution in [3.63, 3.8) is 0 Å².